The van der Waals surface area contributed by atoms with Crippen LogP contribution in [0.4, 0.5) is 15.8 Å². The first-order valence-electron chi connectivity index (χ1n) is 6.30. The highest BCUT2D eigenvalue weighted by molar-refractivity contribution is 6.34. The van der Waals surface area contributed by atoms with Crippen molar-refractivity contribution in [1.29, 1.82) is 0 Å². The second-order valence-corrected chi connectivity index (χ2v) is 4.64. The molecule has 0 heterocycles. The number of rotatable bonds is 4. The van der Waals surface area contributed by atoms with Crippen molar-refractivity contribution < 1.29 is 13.9 Å². The molecular formula is C15H14ClFN2O2. The van der Waals surface area contributed by atoms with Crippen LogP contribution in [-0.4, -0.2) is 12.5 Å². The van der Waals surface area contributed by atoms with Gasteiger partial charge in [0.05, 0.1) is 28.6 Å². The minimum absolute atomic E-state index is 0.187. The highest BCUT2D eigenvalue weighted by Crippen LogP contribution is 2.28. The lowest BCUT2D eigenvalue weighted by Gasteiger charge is -2.13. The monoisotopic (exact) mass is 308 g/mol. The lowest BCUT2D eigenvalue weighted by Crippen LogP contribution is -2.15. The summed E-state index contributed by atoms with van der Waals surface area (Å²) < 4.78 is 18.6. The molecule has 2 aromatic rings. The second kappa shape index (κ2) is 6.45. The van der Waals surface area contributed by atoms with E-state index >= 15 is 0 Å². The lowest BCUT2D eigenvalue weighted by atomic mass is 10.1. The van der Waals surface area contributed by atoms with Gasteiger partial charge < -0.3 is 15.8 Å². The minimum atomic E-state index is -0.493. The van der Waals surface area contributed by atoms with Crippen molar-refractivity contribution in [2.45, 2.75) is 6.92 Å². The van der Waals surface area contributed by atoms with E-state index in [0.717, 1.165) is 6.07 Å². The molecule has 0 atom stereocenters. The number of carbonyl (C=O) groups excluding carboxylic acids is 1. The number of ether oxygens (including phenoxy) is 1. The summed E-state index contributed by atoms with van der Waals surface area (Å²) in [5.41, 5.74) is 6.61. The number of halogens is 2. The number of anilines is 2. The Bertz CT molecular complexity index is 677. The number of benzene rings is 2. The van der Waals surface area contributed by atoms with Gasteiger partial charge in [0, 0.05) is 0 Å². The van der Waals surface area contributed by atoms with E-state index in [2.05, 4.69) is 5.32 Å². The Labute approximate surface area is 126 Å². The Hall–Kier alpha value is -2.27. The van der Waals surface area contributed by atoms with Crippen molar-refractivity contribution in [1.82, 2.24) is 0 Å². The fourth-order valence-corrected chi connectivity index (χ4v) is 1.99. The number of para-hydroxylation sites is 1. The average molecular weight is 309 g/mol. The average Bonchev–Trinajstić information content (AvgIpc) is 2.45. The van der Waals surface area contributed by atoms with Crippen LogP contribution in [0.25, 0.3) is 0 Å². The largest absolute Gasteiger partial charge is 0.491 e. The molecule has 110 valence electrons. The van der Waals surface area contributed by atoms with E-state index in [-0.39, 0.29) is 16.3 Å². The molecule has 3 N–H and O–H groups in total. The Morgan fingerprint density at radius 3 is 2.86 bits per heavy atom. The topological polar surface area (TPSA) is 64.3 Å². The zero-order valence-electron chi connectivity index (χ0n) is 11.3. The van der Waals surface area contributed by atoms with Crippen LogP contribution in [-0.2, 0) is 0 Å². The van der Waals surface area contributed by atoms with Gasteiger partial charge in [-0.1, -0.05) is 17.7 Å². The molecule has 21 heavy (non-hydrogen) atoms. The molecule has 4 nitrogen and oxygen atoms in total. The number of hydrogen-bond acceptors (Lipinski definition) is 3. The predicted molar refractivity (Wildman–Crippen MR) is 81.4 cm³/mol. The van der Waals surface area contributed by atoms with E-state index in [0.29, 0.717) is 18.0 Å². The molecule has 2 aromatic carbocycles. The highest BCUT2D eigenvalue weighted by Gasteiger charge is 2.16. The van der Waals surface area contributed by atoms with Crippen molar-refractivity contribution in [2.24, 2.45) is 0 Å². The van der Waals surface area contributed by atoms with Crippen molar-refractivity contribution in [2.75, 3.05) is 17.7 Å². The number of carbonyl (C=O) groups is 1. The zero-order chi connectivity index (χ0) is 15.4. The zero-order valence-corrected chi connectivity index (χ0v) is 12.1. The van der Waals surface area contributed by atoms with Crippen molar-refractivity contribution in [3.05, 3.63) is 52.8 Å². The molecule has 1 amide bonds. The van der Waals surface area contributed by atoms with Gasteiger partial charge in [-0.25, -0.2) is 4.39 Å². The van der Waals surface area contributed by atoms with E-state index in [1.54, 1.807) is 25.1 Å². The van der Waals surface area contributed by atoms with Crippen LogP contribution in [0.5, 0.6) is 5.75 Å². The van der Waals surface area contributed by atoms with Gasteiger partial charge in [-0.05, 0) is 37.3 Å². The van der Waals surface area contributed by atoms with E-state index < -0.39 is 11.7 Å². The number of nitrogens with one attached hydrogen (secondary N) is 1. The summed E-state index contributed by atoms with van der Waals surface area (Å²) in [6.07, 6.45) is 0. The third kappa shape index (κ3) is 3.44. The first kappa shape index (κ1) is 15.1. The third-order valence-electron chi connectivity index (χ3n) is 2.76. The quantitative estimate of drug-likeness (QED) is 0.846. The summed E-state index contributed by atoms with van der Waals surface area (Å²) in [6.45, 7) is 2.16. The fourth-order valence-electron chi connectivity index (χ4n) is 1.82. The van der Waals surface area contributed by atoms with Gasteiger partial charge in [-0.2, -0.15) is 0 Å². The Morgan fingerprint density at radius 1 is 1.38 bits per heavy atom. The number of amides is 1. The molecule has 0 aliphatic carbocycles. The van der Waals surface area contributed by atoms with Crippen LogP contribution in [0.1, 0.15) is 17.3 Å². The number of nitrogens with two attached hydrogens (primary N) is 1. The SMILES string of the molecule is CCOc1c(N)cccc1C(=O)Nc1cc(F)ccc1Cl. The summed E-state index contributed by atoms with van der Waals surface area (Å²) in [5.74, 6) is -0.671. The predicted octanol–water partition coefficient (Wildman–Crippen LogP) is 3.71. The van der Waals surface area contributed by atoms with E-state index in [1.165, 1.54) is 12.1 Å². The van der Waals surface area contributed by atoms with Crippen LogP contribution < -0.4 is 15.8 Å². The summed E-state index contributed by atoms with van der Waals surface area (Å²) >= 11 is 5.92. The van der Waals surface area contributed by atoms with Gasteiger partial charge >= 0.3 is 0 Å². The molecule has 0 aliphatic heterocycles. The van der Waals surface area contributed by atoms with Crippen LogP contribution in [0, 0.1) is 5.82 Å². The Morgan fingerprint density at radius 2 is 2.14 bits per heavy atom. The van der Waals surface area contributed by atoms with Crippen molar-refractivity contribution >= 4 is 28.9 Å². The first-order valence-corrected chi connectivity index (χ1v) is 6.68. The standard InChI is InChI=1S/C15H14ClFN2O2/c1-2-21-14-10(4-3-5-12(14)18)15(20)19-13-8-9(17)6-7-11(13)16/h3-8H,2,18H2,1H3,(H,19,20). The Balaban J connectivity index is 2.32. The number of hydrogen-bond donors (Lipinski definition) is 2. The van der Waals surface area contributed by atoms with Crippen molar-refractivity contribution in [3.63, 3.8) is 0 Å². The molecule has 0 aliphatic rings. The van der Waals surface area contributed by atoms with Gasteiger partial charge in [0.2, 0.25) is 0 Å². The minimum Gasteiger partial charge on any atom is -0.491 e. The van der Waals surface area contributed by atoms with Gasteiger partial charge in [0.25, 0.3) is 5.91 Å². The van der Waals surface area contributed by atoms with E-state index in [4.69, 9.17) is 22.1 Å². The number of nitrogen functional groups attached to an aromatic ring is 1. The first-order chi connectivity index (χ1) is 10.0. The third-order valence-corrected chi connectivity index (χ3v) is 3.08. The van der Waals surface area contributed by atoms with Crippen LogP contribution in [0.2, 0.25) is 5.02 Å². The van der Waals surface area contributed by atoms with Crippen LogP contribution in [0.3, 0.4) is 0 Å². The summed E-state index contributed by atoms with van der Waals surface area (Å²) in [5, 5.41) is 2.79. The molecule has 2 rings (SSSR count). The van der Waals surface area contributed by atoms with Gasteiger partial charge in [0.15, 0.2) is 5.75 Å². The highest BCUT2D eigenvalue weighted by atomic mass is 35.5. The summed E-state index contributed by atoms with van der Waals surface area (Å²) in [6, 6.07) is 8.58. The molecule has 0 saturated carbocycles. The molecule has 0 unspecified atom stereocenters. The molecule has 0 spiro atoms. The van der Waals surface area contributed by atoms with Crippen LogP contribution >= 0.6 is 11.6 Å². The normalized spacial score (nSPS) is 10.2. The molecule has 0 fully saturated rings. The van der Waals surface area contributed by atoms with Gasteiger partial charge in [0.1, 0.15) is 5.82 Å². The molecule has 0 bridgehead atoms. The maximum atomic E-state index is 13.2. The fraction of sp³-hybridized carbons (Fsp3) is 0.133. The van der Waals surface area contributed by atoms with Crippen LogP contribution in [0.15, 0.2) is 36.4 Å². The van der Waals surface area contributed by atoms with E-state index in [9.17, 15) is 9.18 Å². The molecule has 0 saturated heterocycles. The smallest absolute Gasteiger partial charge is 0.259 e. The van der Waals surface area contributed by atoms with Gasteiger partial charge in [-0.3, -0.25) is 4.79 Å². The second-order valence-electron chi connectivity index (χ2n) is 4.24. The van der Waals surface area contributed by atoms with Gasteiger partial charge in [-0.15, -0.1) is 0 Å². The maximum absolute atomic E-state index is 13.2. The maximum Gasteiger partial charge on any atom is 0.259 e. The Kier molecular flexibility index (Phi) is 4.65. The summed E-state index contributed by atoms with van der Waals surface area (Å²) in [4.78, 5) is 12.3. The molecular weight excluding hydrogens is 295 g/mol. The van der Waals surface area contributed by atoms with Crippen molar-refractivity contribution in [3.8, 4) is 5.75 Å². The summed E-state index contributed by atoms with van der Waals surface area (Å²) in [7, 11) is 0. The lowest BCUT2D eigenvalue weighted by molar-refractivity contribution is 0.102. The van der Waals surface area contributed by atoms with E-state index in [1.807, 2.05) is 0 Å². The molecule has 0 aromatic heterocycles. The molecule has 6 heteroatoms. The molecule has 0 radical (unpaired) electrons.